The van der Waals surface area contributed by atoms with Gasteiger partial charge < -0.3 is 5.11 Å². The minimum absolute atomic E-state index is 0.193. The molecule has 242 valence electrons. The summed E-state index contributed by atoms with van der Waals surface area (Å²) in [6.45, 7) is 0.249. The Bertz CT molecular complexity index is 2550. The minimum atomic E-state index is -1.10. The van der Waals surface area contributed by atoms with Crippen LogP contribution in [-0.2, 0) is 16.1 Å². The lowest BCUT2D eigenvalue weighted by atomic mass is 9.85. The summed E-state index contributed by atoms with van der Waals surface area (Å²) in [5.41, 5.74) is 8.35. The lowest BCUT2D eigenvalue weighted by Gasteiger charge is -2.33. The highest BCUT2D eigenvalue weighted by Gasteiger charge is 2.35. The predicted octanol–water partition coefficient (Wildman–Crippen LogP) is 4.36. The average Bonchev–Trinajstić information content (AvgIpc) is 3.36. The van der Waals surface area contributed by atoms with Crippen LogP contribution in [-0.4, -0.2) is 27.7 Å². The summed E-state index contributed by atoms with van der Waals surface area (Å²) in [6.07, 6.45) is 4.70. The average molecular weight is 653 g/mol. The molecule has 6 nitrogen and oxygen atoms in total. The number of allylic oxidation sites excluding steroid dienone is 2. The van der Waals surface area contributed by atoms with E-state index in [9.17, 15) is 19.5 Å². The van der Waals surface area contributed by atoms with Crippen LogP contribution in [0.4, 0.5) is 5.69 Å². The van der Waals surface area contributed by atoms with E-state index in [0.29, 0.717) is 47.2 Å². The van der Waals surface area contributed by atoms with Gasteiger partial charge in [0, 0.05) is 33.2 Å². The van der Waals surface area contributed by atoms with Gasteiger partial charge in [-0.2, -0.15) is 0 Å². The van der Waals surface area contributed by atoms with Crippen LogP contribution in [0.15, 0.2) is 133 Å². The molecule has 50 heavy (non-hydrogen) atoms. The van der Waals surface area contributed by atoms with Crippen LogP contribution in [0.3, 0.4) is 0 Å². The third-order valence-electron chi connectivity index (χ3n) is 10.4. The number of anilines is 1. The maximum Gasteiger partial charge on any atom is 0.261 e. The van der Waals surface area contributed by atoms with Crippen molar-refractivity contribution in [2.45, 2.75) is 32.0 Å². The molecule has 0 radical (unpaired) electrons. The second kappa shape index (κ2) is 11.8. The van der Waals surface area contributed by atoms with Gasteiger partial charge in [0.2, 0.25) is 0 Å². The molecule has 0 spiro atoms. The van der Waals surface area contributed by atoms with Crippen LogP contribution in [0.5, 0.6) is 0 Å². The fourth-order valence-corrected chi connectivity index (χ4v) is 8.01. The van der Waals surface area contributed by atoms with Crippen molar-refractivity contribution in [2.24, 2.45) is 0 Å². The molecule has 6 heteroatoms. The number of aliphatic hydroxyl groups excluding tert-OH is 1. The summed E-state index contributed by atoms with van der Waals surface area (Å²) >= 11 is 0. The van der Waals surface area contributed by atoms with Crippen molar-refractivity contribution in [3.05, 3.63) is 182 Å². The quantitative estimate of drug-likeness (QED) is 0.287. The molecule has 0 aromatic heterocycles. The Morgan fingerprint density at radius 1 is 0.600 bits per heavy atom. The molecule has 9 rings (SSSR count). The fourth-order valence-electron chi connectivity index (χ4n) is 8.01. The first-order valence-corrected chi connectivity index (χ1v) is 17.0. The number of carbonyl (C=O) groups excluding carboxylic acids is 3. The van der Waals surface area contributed by atoms with Gasteiger partial charge >= 0.3 is 0 Å². The normalized spacial score (nSPS) is 17.9. The maximum atomic E-state index is 13.9. The molecule has 1 atom stereocenters. The number of amides is 3. The smallest absolute Gasteiger partial charge is 0.261 e. The first-order chi connectivity index (χ1) is 24.5. The van der Waals surface area contributed by atoms with Crippen molar-refractivity contribution in [3.63, 3.8) is 0 Å². The summed E-state index contributed by atoms with van der Waals surface area (Å²) < 4.78 is 0. The molecular weight excluding hydrogens is 620 g/mol. The number of imide groups is 1. The third-order valence-corrected chi connectivity index (χ3v) is 10.4. The Kier molecular flexibility index (Phi) is 7.07. The third kappa shape index (κ3) is 4.64. The lowest BCUT2D eigenvalue weighted by molar-refractivity contribution is -0.123. The molecule has 3 amide bonds. The van der Waals surface area contributed by atoms with Crippen LogP contribution in [0.25, 0.3) is 22.3 Å². The van der Waals surface area contributed by atoms with Crippen LogP contribution in [0, 0.1) is 0 Å². The number of hydrogen-bond donors (Lipinski definition) is 1. The molecule has 2 heterocycles. The van der Waals surface area contributed by atoms with E-state index < -0.39 is 6.23 Å². The van der Waals surface area contributed by atoms with Crippen LogP contribution in [0.1, 0.15) is 58.1 Å². The number of nitrogens with zero attached hydrogens (tertiary/aromatic N) is 2. The molecule has 4 aliphatic rings. The van der Waals surface area contributed by atoms with Gasteiger partial charge in [0.25, 0.3) is 17.7 Å². The highest BCUT2D eigenvalue weighted by Crippen LogP contribution is 2.32. The minimum Gasteiger partial charge on any atom is -0.369 e. The fraction of sp³-hybridized carbons (Fsp3) is 0.114. The highest BCUT2D eigenvalue weighted by atomic mass is 16.3. The van der Waals surface area contributed by atoms with E-state index >= 15 is 0 Å². The Morgan fingerprint density at radius 2 is 1.28 bits per heavy atom. The number of benzene rings is 5. The Labute approximate surface area is 288 Å². The molecule has 0 saturated carbocycles. The molecule has 5 aromatic carbocycles. The van der Waals surface area contributed by atoms with Crippen molar-refractivity contribution < 1.29 is 19.5 Å². The zero-order valence-electron chi connectivity index (χ0n) is 27.2. The number of hydrogen-bond acceptors (Lipinski definition) is 4. The zero-order valence-corrected chi connectivity index (χ0v) is 27.2. The molecule has 0 saturated heterocycles. The van der Waals surface area contributed by atoms with E-state index in [1.54, 1.807) is 0 Å². The van der Waals surface area contributed by atoms with Crippen molar-refractivity contribution in [2.75, 3.05) is 4.90 Å². The number of rotatable bonds is 5. The summed E-state index contributed by atoms with van der Waals surface area (Å²) in [5.74, 6) is -0.658. The number of para-hydroxylation sites is 1. The van der Waals surface area contributed by atoms with Crippen molar-refractivity contribution in [3.8, 4) is 0 Å². The van der Waals surface area contributed by atoms with E-state index in [-0.39, 0.29) is 24.3 Å². The second-order valence-electron chi connectivity index (χ2n) is 13.1. The van der Waals surface area contributed by atoms with Crippen molar-refractivity contribution in [1.82, 2.24) is 4.90 Å². The first kappa shape index (κ1) is 30.0. The van der Waals surface area contributed by atoms with Gasteiger partial charge in [0.1, 0.15) is 0 Å². The van der Waals surface area contributed by atoms with Crippen LogP contribution >= 0.6 is 0 Å². The summed E-state index contributed by atoms with van der Waals surface area (Å²) in [7, 11) is 0. The standard InChI is InChI=1S/C44H32N2O4/c47-41-35-17-8-16-34-32(24-25-38(39(34)35)42(48)45(41)26-27-10-3-1-4-11-27)29-22-20-28(21-23-29)31-14-7-18-36-40-33(31)15-9-19-37(40)44(50)46(43(36)49)30-12-5-2-6-13-30/h1-17,19-23,44,50H,18,24-26H2. The summed E-state index contributed by atoms with van der Waals surface area (Å²) in [6, 6.07) is 38.9. The van der Waals surface area contributed by atoms with Gasteiger partial charge in [-0.3, -0.25) is 24.2 Å². The van der Waals surface area contributed by atoms with Gasteiger partial charge in [-0.05, 0) is 81.0 Å². The van der Waals surface area contributed by atoms with Crippen molar-refractivity contribution in [1.29, 1.82) is 0 Å². The van der Waals surface area contributed by atoms with Crippen molar-refractivity contribution >= 4 is 45.7 Å². The van der Waals surface area contributed by atoms with E-state index in [2.05, 4.69) is 30.3 Å². The van der Waals surface area contributed by atoms with E-state index in [1.807, 2.05) is 103 Å². The van der Waals surface area contributed by atoms with E-state index in [1.165, 1.54) is 9.80 Å². The van der Waals surface area contributed by atoms with Gasteiger partial charge in [-0.25, -0.2) is 0 Å². The Balaban J connectivity index is 1.13. The van der Waals surface area contributed by atoms with Crippen LogP contribution < -0.4 is 25.8 Å². The Hall–Kier alpha value is -6.11. The zero-order chi connectivity index (χ0) is 33.9. The van der Waals surface area contributed by atoms with E-state index in [4.69, 9.17) is 0 Å². The van der Waals surface area contributed by atoms with E-state index in [0.717, 1.165) is 48.7 Å². The SMILES string of the molecule is O=C1C2=c3c(cccc3=C(c3ccc(C4=c5cccc6c5=C(CC=C4)C(=O)N(c4ccccc4)C6O)cc3)CC2)C(=O)N1Cc1ccccc1. The second-order valence-corrected chi connectivity index (χ2v) is 13.1. The molecule has 0 fully saturated rings. The molecule has 2 aliphatic heterocycles. The number of aliphatic hydroxyl groups is 1. The summed E-state index contributed by atoms with van der Waals surface area (Å²) in [5, 5.41) is 14.9. The van der Waals surface area contributed by atoms with Crippen LogP contribution in [0.2, 0.25) is 0 Å². The van der Waals surface area contributed by atoms with Gasteiger partial charge in [-0.1, -0.05) is 115 Å². The molecule has 5 aromatic rings. The molecule has 1 N–H and O–H groups in total. The predicted molar refractivity (Wildman–Crippen MR) is 193 cm³/mol. The molecule has 2 aliphatic carbocycles. The molecule has 0 bridgehead atoms. The largest absolute Gasteiger partial charge is 0.369 e. The monoisotopic (exact) mass is 652 g/mol. The summed E-state index contributed by atoms with van der Waals surface area (Å²) in [4.78, 5) is 44.2. The topological polar surface area (TPSA) is 77.9 Å². The highest BCUT2D eigenvalue weighted by molar-refractivity contribution is 6.25. The maximum absolute atomic E-state index is 13.9. The lowest BCUT2D eigenvalue weighted by Crippen LogP contribution is -2.51. The van der Waals surface area contributed by atoms with Gasteiger partial charge in [0.15, 0.2) is 6.23 Å². The first-order valence-electron chi connectivity index (χ1n) is 17.0. The molecule has 1 unspecified atom stereocenters. The number of carbonyl (C=O) groups is 3. The van der Waals surface area contributed by atoms with Gasteiger partial charge in [-0.15, -0.1) is 0 Å². The van der Waals surface area contributed by atoms with Gasteiger partial charge in [0.05, 0.1) is 6.54 Å². The Morgan fingerprint density at radius 3 is 2.06 bits per heavy atom. The molecular formula is C44H32N2O4.